The fraction of sp³-hybridized carbons (Fsp3) is 0.833. The Bertz CT molecular complexity index is 118. The molecule has 52 valence electrons. The Balaban J connectivity index is 2.23. The smallest absolute Gasteiger partial charge is 0.223 e. The Morgan fingerprint density at radius 1 is 1.67 bits per heavy atom. The molecule has 0 spiro atoms. The molecule has 0 aromatic carbocycles. The highest BCUT2D eigenvalue weighted by Gasteiger charge is 2.32. The predicted octanol–water partition coefficient (Wildman–Crippen LogP) is -0.497. The molecule has 0 aromatic rings. The van der Waals surface area contributed by atoms with Crippen molar-refractivity contribution >= 4 is 5.91 Å². The molecule has 2 N–H and O–H groups in total. The van der Waals surface area contributed by atoms with E-state index in [4.69, 9.17) is 5.11 Å². The maximum Gasteiger partial charge on any atom is 0.223 e. The second-order valence-electron chi connectivity index (χ2n) is 2.44. The predicted molar refractivity (Wildman–Crippen MR) is 32.8 cm³/mol. The minimum Gasteiger partial charge on any atom is -0.393 e. The van der Waals surface area contributed by atoms with Crippen LogP contribution in [0.15, 0.2) is 0 Å². The van der Waals surface area contributed by atoms with Gasteiger partial charge in [0.1, 0.15) is 0 Å². The molecule has 0 atom stereocenters. The Morgan fingerprint density at radius 3 is 2.56 bits per heavy atom. The number of carbonyl (C=O) groups excluding carboxylic acids is 1. The van der Waals surface area contributed by atoms with Gasteiger partial charge in [0.05, 0.1) is 6.10 Å². The van der Waals surface area contributed by atoms with Gasteiger partial charge < -0.3 is 10.4 Å². The van der Waals surface area contributed by atoms with E-state index in [1.54, 1.807) is 7.05 Å². The van der Waals surface area contributed by atoms with Crippen LogP contribution in [0.1, 0.15) is 12.8 Å². The van der Waals surface area contributed by atoms with Crippen LogP contribution >= 0.6 is 0 Å². The molecule has 1 aliphatic carbocycles. The van der Waals surface area contributed by atoms with E-state index >= 15 is 0 Å². The first-order chi connectivity index (χ1) is 4.24. The average Bonchev–Trinajstić information content (AvgIpc) is 1.79. The quantitative estimate of drug-likeness (QED) is 0.501. The van der Waals surface area contributed by atoms with Crippen LogP contribution in [0.2, 0.25) is 0 Å². The van der Waals surface area contributed by atoms with Crippen LogP contribution in [0.3, 0.4) is 0 Å². The summed E-state index contributed by atoms with van der Waals surface area (Å²) < 4.78 is 0. The topological polar surface area (TPSA) is 49.3 Å². The van der Waals surface area contributed by atoms with E-state index in [1.165, 1.54) is 0 Å². The molecule has 0 aliphatic heterocycles. The van der Waals surface area contributed by atoms with Gasteiger partial charge in [-0.1, -0.05) is 0 Å². The number of rotatable bonds is 1. The zero-order valence-electron chi connectivity index (χ0n) is 5.42. The molecule has 3 heteroatoms. The molecule has 1 fully saturated rings. The fourth-order valence-electron chi connectivity index (χ4n) is 1.01. The van der Waals surface area contributed by atoms with Crippen LogP contribution in [-0.4, -0.2) is 24.2 Å². The van der Waals surface area contributed by atoms with Gasteiger partial charge in [-0.3, -0.25) is 4.79 Å². The van der Waals surface area contributed by atoms with Crippen LogP contribution in [0, 0.1) is 5.92 Å². The molecule has 1 aliphatic rings. The van der Waals surface area contributed by atoms with E-state index in [9.17, 15) is 4.79 Å². The van der Waals surface area contributed by atoms with Crippen molar-refractivity contribution in [3.05, 3.63) is 0 Å². The largest absolute Gasteiger partial charge is 0.393 e. The standard InChI is InChI=1S/C6H11NO2/c1-7-6(9)4-2-5(8)3-4/h4-5,8H,2-3H2,1H3,(H,7,9)/t4-,5-. The molecule has 1 saturated carbocycles. The highest BCUT2D eigenvalue weighted by molar-refractivity contribution is 5.79. The summed E-state index contributed by atoms with van der Waals surface area (Å²) in [5.41, 5.74) is 0. The number of carbonyl (C=O) groups is 1. The lowest BCUT2D eigenvalue weighted by atomic mass is 9.82. The fourth-order valence-corrected chi connectivity index (χ4v) is 1.01. The Morgan fingerprint density at radius 2 is 2.22 bits per heavy atom. The number of amides is 1. The molecule has 0 saturated heterocycles. The monoisotopic (exact) mass is 129 g/mol. The maximum absolute atomic E-state index is 10.7. The molecule has 3 nitrogen and oxygen atoms in total. The van der Waals surface area contributed by atoms with Crippen molar-refractivity contribution in [2.24, 2.45) is 5.92 Å². The van der Waals surface area contributed by atoms with Gasteiger partial charge in [0.15, 0.2) is 0 Å². The Hall–Kier alpha value is -0.570. The van der Waals surface area contributed by atoms with Gasteiger partial charge in [0.2, 0.25) is 5.91 Å². The number of hydrogen-bond donors (Lipinski definition) is 2. The molecule has 0 radical (unpaired) electrons. The summed E-state index contributed by atoms with van der Waals surface area (Å²) >= 11 is 0. The SMILES string of the molecule is CNC(=O)[C@H]1C[C@H](O)C1. The Kier molecular flexibility index (Phi) is 1.71. The van der Waals surface area contributed by atoms with E-state index in [-0.39, 0.29) is 17.9 Å². The van der Waals surface area contributed by atoms with Gasteiger partial charge >= 0.3 is 0 Å². The number of nitrogens with one attached hydrogen (secondary N) is 1. The van der Waals surface area contributed by atoms with Gasteiger partial charge in [-0.2, -0.15) is 0 Å². The van der Waals surface area contributed by atoms with Crippen molar-refractivity contribution in [3.8, 4) is 0 Å². The summed E-state index contributed by atoms with van der Waals surface area (Å²) in [7, 11) is 1.62. The average molecular weight is 129 g/mol. The van der Waals surface area contributed by atoms with Crippen molar-refractivity contribution < 1.29 is 9.90 Å². The molecular weight excluding hydrogens is 118 g/mol. The lowest BCUT2D eigenvalue weighted by Gasteiger charge is -2.29. The Labute approximate surface area is 54.1 Å². The maximum atomic E-state index is 10.7. The summed E-state index contributed by atoms with van der Waals surface area (Å²) in [6.45, 7) is 0. The summed E-state index contributed by atoms with van der Waals surface area (Å²) in [4.78, 5) is 10.7. The summed E-state index contributed by atoms with van der Waals surface area (Å²) in [5.74, 6) is 0.130. The number of aliphatic hydroxyl groups excluding tert-OH is 1. The van der Waals surface area contributed by atoms with Gasteiger partial charge in [-0.25, -0.2) is 0 Å². The van der Waals surface area contributed by atoms with Crippen molar-refractivity contribution in [2.45, 2.75) is 18.9 Å². The zero-order valence-corrected chi connectivity index (χ0v) is 5.42. The normalized spacial score (nSPS) is 33.1. The van der Waals surface area contributed by atoms with Crippen LogP contribution in [0.25, 0.3) is 0 Å². The molecule has 0 heterocycles. The first-order valence-electron chi connectivity index (χ1n) is 3.13. The summed E-state index contributed by atoms with van der Waals surface area (Å²) in [6.07, 6.45) is 1.05. The highest BCUT2D eigenvalue weighted by atomic mass is 16.3. The lowest BCUT2D eigenvalue weighted by molar-refractivity contribution is -0.130. The van der Waals surface area contributed by atoms with E-state index in [0.29, 0.717) is 12.8 Å². The first-order valence-corrected chi connectivity index (χ1v) is 3.13. The van der Waals surface area contributed by atoms with E-state index < -0.39 is 0 Å². The van der Waals surface area contributed by atoms with E-state index in [2.05, 4.69) is 5.32 Å². The van der Waals surface area contributed by atoms with E-state index in [0.717, 1.165) is 0 Å². The molecule has 0 aromatic heterocycles. The number of hydrogen-bond acceptors (Lipinski definition) is 2. The molecule has 1 amide bonds. The first kappa shape index (κ1) is 6.55. The highest BCUT2D eigenvalue weighted by Crippen LogP contribution is 2.26. The zero-order chi connectivity index (χ0) is 6.85. The summed E-state index contributed by atoms with van der Waals surface area (Å²) in [5, 5.41) is 11.3. The number of aliphatic hydroxyl groups is 1. The molecule has 9 heavy (non-hydrogen) atoms. The molecular formula is C6H11NO2. The van der Waals surface area contributed by atoms with Gasteiger partial charge in [-0.15, -0.1) is 0 Å². The van der Waals surface area contributed by atoms with Crippen molar-refractivity contribution in [1.29, 1.82) is 0 Å². The lowest BCUT2D eigenvalue weighted by Crippen LogP contribution is -2.39. The minimum absolute atomic E-state index is 0.0558. The van der Waals surface area contributed by atoms with Crippen LogP contribution in [0.4, 0.5) is 0 Å². The van der Waals surface area contributed by atoms with Crippen LogP contribution in [0.5, 0.6) is 0 Å². The molecule has 0 unspecified atom stereocenters. The van der Waals surface area contributed by atoms with Crippen molar-refractivity contribution in [3.63, 3.8) is 0 Å². The second kappa shape index (κ2) is 2.35. The minimum atomic E-state index is -0.229. The molecule has 1 rings (SSSR count). The van der Waals surface area contributed by atoms with Gasteiger partial charge in [0.25, 0.3) is 0 Å². The molecule has 0 bridgehead atoms. The third-order valence-corrected chi connectivity index (χ3v) is 1.73. The van der Waals surface area contributed by atoms with Crippen molar-refractivity contribution in [2.75, 3.05) is 7.05 Å². The van der Waals surface area contributed by atoms with Gasteiger partial charge in [0, 0.05) is 13.0 Å². The van der Waals surface area contributed by atoms with E-state index in [1.807, 2.05) is 0 Å². The van der Waals surface area contributed by atoms with Crippen LogP contribution < -0.4 is 5.32 Å². The third-order valence-electron chi connectivity index (χ3n) is 1.73. The second-order valence-corrected chi connectivity index (χ2v) is 2.44. The van der Waals surface area contributed by atoms with Crippen molar-refractivity contribution in [1.82, 2.24) is 5.32 Å². The van der Waals surface area contributed by atoms with Gasteiger partial charge in [-0.05, 0) is 12.8 Å². The van der Waals surface area contributed by atoms with Crippen LogP contribution in [-0.2, 0) is 4.79 Å². The summed E-state index contributed by atoms with van der Waals surface area (Å²) in [6, 6.07) is 0. The third kappa shape index (κ3) is 1.21.